The van der Waals surface area contributed by atoms with Crippen LogP contribution in [-0.4, -0.2) is 23.9 Å². The maximum atomic E-state index is 12.9. The number of likely N-dealkylation sites (tertiary alicyclic amines) is 1. The summed E-state index contributed by atoms with van der Waals surface area (Å²) >= 11 is 3.42. The first-order valence-corrected chi connectivity index (χ1v) is 8.62. The van der Waals surface area contributed by atoms with Crippen molar-refractivity contribution in [1.82, 2.24) is 4.90 Å². The molecule has 2 fully saturated rings. The fourth-order valence-electron chi connectivity index (χ4n) is 3.82. The molecule has 1 saturated carbocycles. The number of hydrogen-bond acceptors (Lipinski definition) is 2. The van der Waals surface area contributed by atoms with Crippen molar-refractivity contribution in [3.63, 3.8) is 0 Å². The van der Waals surface area contributed by atoms with Gasteiger partial charge < -0.3 is 10.6 Å². The molecule has 2 aliphatic rings. The van der Waals surface area contributed by atoms with Crippen LogP contribution in [0.5, 0.6) is 0 Å². The zero-order valence-corrected chi connectivity index (χ0v) is 15.3. The molecular formula is C17H24BrClN2O. The molecular weight excluding hydrogens is 364 g/mol. The van der Waals surface area contributed by atoms with Crippen molar-refractivity contribution in [2.45, 2.75) is 38.1 Å². The van der Waals surface area contributed by atoms with E-state index in [4.69, 9.17) is 5.73 Å². The Labute approximate surface area is 147 Å². The van der Waals surface area contributed by atoms with Crippen LogP contribution in [0, 0.1) is 11.8 Å². The first-order valence-electron chi connectivity index (χ1n) is 7.83. The van der Waals surface area contributed by atoms with E-state index in [2.05, 4.69) is 15.9 Å². The average molecular weight is 388 g/mol. The Morgan fingerprint density at radius 1 is 1.18 bits per heavy atom. The monoisotopic (exact) mass is 386 g/mol. The Balaban J connectivity index is 0.00000176. The maximum Gasteiger partial charge on any atom is 0.246 e. The van der Waals surface area contributed by atoms with Gasteiger partial charge in [-0.05, 0) is 49.3 Å². The molecule has 122 valence electrons. The summed E-state index contributed by atoms with van der Waals surface area (Å²) in [4.78, 5) is 14.9. The summed E-state index contributed by atoms with van der Waals surface area (Å²) < 4.78 is 1.00. The van der Waals surface area contributed by atoms with Gasteiger partial charge in [0, 0.05) is 17.6 Å². The lowest BCUT2D eigenvalue weighted by Crippen LogP contribution is -2.50. The van der Waals surface area contributed by atoms with Gasteiger partial charge in [-0.1, -0.05) is 40.9 Å². The average Bonchev–Trinajstić information content (AvgIpc) is 2.90. The van der Waals surface area contributed by atoms with Gasteiger partial charge in [0.05, 0.1) is 0 Å². The van der Waals surface area contributed by atoms with Gasteiger partial charge in [-0.25, -0.2) is 0 Å². The summed E-state index contributed by atoms with van der Waals surface area (Å²) in [6.45, 7) is 3.63. The number of rotatable bonds is 2. The molecule has 3 unspecified atom stereocenters. The largest absolute Gasteiger partial charge is 0.340 e. The summed E-state index contributed by atoms with van der Waals surface area (Å²) in [5.74, 6) is 1.46. The van der Waals surface area contributed by atoms with Crippen LogP contribution in [0.1, 0.15) is 38.2 Å². The van der Waals surface area contributed by atoms with Gasteiger partial charge in [0.25, 0.3) is 0 Å². The number of fused-ring (bicyclic) bond motifs is 1. The number of carbonyl (C=O) groups excluding carboxylic acids is 1. The van der Waals surface area contributed by atoms with Crippen LogP contribution < -0.4 is 5.73 Å². The molecule has 5 heteroatoms. The summed E-state index contributed by atoms with van der Waals surface area (Å²) in [6, 6.07) is 7.76. The van der Waals surface area contributed by atoms with E-state index in [9.17, 15) is 4.79 Å². The summed E-state index contributed by atoms with van der Waals surface area (Å²) in [7, 11) is 0. The molecule has 3 rings (SSSR count). The quantitative estimate of drug-likeness (QED) is 0.841. The van der Waals surface area contributed by atoms with Crippen molar-refractivity contribution in [2.24, 2.45) is 17.6 Å². The zero-order chi connectivity index (χ0) is 15.0. The first kappa shape index (κ1) is 17.8. The topological polar surface area (TPSA) is 46.3 Å². The van der Waals surface area contributed by atoms with E-state index in [1.165, 1.54) is 25.7 Å². The third-order valence-corrected chi connectivity index (χ3v) is 5.68. The number of halogens is 2. The molecule has 1 aromatic rings. The second-order valence-electron chi connectivity index (χ2n) is 6.72. The molecule has 1 heterocycles. The Kier molecular flexibility index (Phi) is 5.57. The Morgan fingerprint density at radius 2 is 1.68 bits per heavy atom. The minimum absolute atomic E-state index is 0. The molecule has 22 heavy (non-hydrogen) atoms. The molecule has 0 bridgehead atoms. The minimum atomic E-state index is -0.936. The second kappa shape index (κ2) is 6.90. The molecule has 3 atom stereocenters. The van der Waals surface area contributed by atoms with Crippen molar-refractivity contribution in [1.29, 1.82) is 0 Å². The van der Waals surface area contributed by atoms with Gasteiger partial charge in [0.15, 0.2) is 0 Å². The fraction of sp³-hybridized carbons (Fsp3) is 0.588. The van der Waals surface area contributed by atoms with Crippen molar-refractivity contribution in [3.05, 3.63) is 34.3 Å². The van der Waals surface area contributed by atoms with E-state index in [1.807, 2.05) is 36.1 Å². The highest BCUT2D eigenvalue weighted by molar-refractivity contribution is 9.10. The fourth-order valence-corrected chi connectivity index (χ4v) is 4.08. The molecule has 0 spiro atoms. The van der Waals surface area contributed by atoms with Crippen LogP contribution >= 0.6 is 28.3 Å². The lowest BCUT2D eigenvalue weighted by Gasteiger charge is -2.29. The van der Waals surface area contributed by atoms with E-state index in [-0.39, 0.29) is 18.3 Å². The molecule has 0 aromatic heterocycles. The van der Waals surface area contributed by atoms with E-state index < -0.39 is 5.54 Å². The van der Waals surface area contributed by atoms with E-state index in [0.29, 0.717) is 11.8 Å². The van der Waals surface area contributed by atoms with Crippen molar-refractivity contribution in [3.8, 4) is 0 Å². The third kappa shape index (κ3) is 3.34. The van der Waals surface area contributed by atoms with E-state index in [1.54, 1.807) is 0 Å². The van der Waals surface area contributed by atoms with Gasteiger partial charge in [0.2, 0.25) is 5.91 Å². The summed E-state index contributed by atoms with van der Waals surface area (Å²) in [5, 5.41) is 0. The van der Waals surface area contributed by atoms with Crippen molar-refractivity contribution < 1.29 is 4.79 Å². The molecule has 1 aliphatic carbocycles. The van der Waals surface area contributed by atoms with E-state index >= 15 is 0 Å². The lowest BCUT2D eigenvalue weighted by molar-refractivity contribution is -0.135. The zero-order valence-electron chi connectivity index (χ0n) is 12.9. The number of benzene rings is 1. The van der Waals surface area contributed by atoms with E-state index in [0.717, 1.165) is 23.1 Å². The number of nitrogens with two attached hydrogens (primary N) is 1. The maximum absolute atomic E-state index is 12.9. The Bertz CT molecular complexity index is 518. The molecule has 1 amide bonds. The van der Waals surface area contributed by atoms with Crippen LogP contribution in [-0.2, 0) is 10.3 Å². The molecule has 2 N–H and O–H groups in total. The number of nitrogens with zero attached hydrogens (tertiary/aromatic N) is 1. The predicted octanol–water partition coefficient (Wildman–Crippen LogP) is 3.69. The first-order chi connectivity index (χ1) is 9.98. The van der Waals surface area contributed by atoms with Gasteiger partial charge in [0.1, 0.15) is 5.54 Å². The molecule has 3 nitrogen and oxygen atoms in total. The van der Waals surface area contributed by atoms with Crippen LogP contribution in [0.25, 0.3) is 0 Å². The highest BCUT2D eigenvalue weighted by Gasteiger charge is 2.42. The highest BCUT2D eigenvalue weighted by Crippen LogP contribution is 2.37. The second-order valence-corrected chi connectivity index (χ2v) is 7.64. The van der Waals surface area contributed by atoms with Crippen molar-refractivity contribution in [2.75, 3.05) is 13.1 Å². The van der Waals surface area contributed by atoms with Gasteiger partial charge >= 0.3 is 0 Å². The smallest absolute Gasteiger partial charge is 0.246 e. The third-order valence-electron chi connectivity index (χ3n) is 5.15. The summed E-state index contributed by atoms with van der Waals surface area (Å²) in [5.41, 5.74) is 6.34. The normalized spacial score (nSPS) is 26.8. The predicted molar refractivity (Wildman–Crippen MR) is 95.0 cm³/mol. The van der Waals surface area contributed by atoms with Crippen LogP contribution in [0.4, 0.5) is 0 Å². The van der Waals surface area contributed by atoms with Gasteiger partial charge in [-0.3, -0.25) is 4.79 Å². The Hall–Kier alpha value is -0.580. The number of hydrogen-bond donors (Lipinski definition) is 1. The lowest BCUT2D eigenvalue weighted by atomic mass is 9.82. The molecule has 1 aliphatic heterocycles. The van der Waals surface area contributed by atoms with Gasteiger partial charge in [-0.15, -0.1) is 12.4 Å². The summed E-state index contributed by atoms with van der Waals surface area (Å²) in [6.07, 6.45) is 5.17. The van der Waals surface area contributed by atoms with Crippen molar-refractivity contribution >= 4 is 34.2 Å². The molecule has 0 radical (unpaired) electrons. The van der Waals surface area contributed by atoms with Gasteiger partial charge in [-0.2, -0.15) is 0 Å². The van der Waals surface area contributed by atoms with Crippen LogP contribution in [0.3, 0.4) is 0 Å². The molecule has 1 saturated heterocycles. The number of carbonyl (C=O) groups is 1. The SMILES string of the molecule is CC(N)(C(=O)N1CC2CCCCC2C1)c1ccc(Br)cc1.Cl. The highest BCUT2D eigenvalue weighted by atomic mass is 79.9. The Morgan fingerprint density at radius 3 is 2.18 bits per heavy atom. The number of amides is 1. The standard InChI is InChI=1S/C17H23BrN2O.ClH/c1-17(19,14-6-8-15(18)9-7-14)16(21)20-10-12-4-2-3-5-13(12)11-20;/h6-9,12-13H,2-5,10-11,19H2,1H3;1H. The van der Waals surface area contributed by atoms with Crippen LogP contribution in [0.2, 0.25) is 0 Å². The molecule has 1 aromatic carbocycles. The van der Waals surface area contributed by atoms with Crippen LogP contribution in [0.15, 0.2) is 28.7 Å². The minimum Gasteiger partial charge on any atom is -0.340 e.